The molecule has 1 N–H and O–H groups in total. The summed E-state index contributed by atoms with van der Waals surface area (Å²) >= 11 is 0. The Morgan fingerprint density at radius 1 is 0.830 bits per heavy atom. The van der Waals surface area contributed by atoms with Crippen LogP contribution in [0.5, 0.6) is 5.75 Å². The van der Waals surface area contributed by atoms with Crippen LogP contribution in [0.1, 0.15) is 24.7 Å². The molecule has 2 heterocycles. The highest BCUT2D eigenvalue weighted by molar-refractivity contribution is 7.86. The highest BCUT2D eigenvalue weighted by atomic mass is 32.2. The first-order valence-electron chi connectivity index (χ1n) is 15.0. The predicted molar refractivity (Wildman–Crippen MR) is 183 cm³/mol. The number of hydrogen-bond donors (Lipinski definition) is 1. The summed E-state index contributed by atoms with van der Waals surface area (Å²) in [6, 6.07) is 30.8. The van der Waals surface area contributed by atoms with Gasteiger partial charge in [0.15, 0.2) is 5.75 Å². The Bertz CT molecular complexity index is 2210. The highest BCUT2D eigenvalue weighted by Crippen LogP contribution is 2.42. The molecule has 1 aromatic heterocycles. The van der Waals surface area contributed by atoms with E-state index in [1.54, 1.807) is 17.1 Å². The molecule has 0 saturated carbocycles. The topological polar surface area (TPSA) is 137 Å². The van der Waals surface area contributed by atoms with Gasteiger partial charge in [0.25, 0.3) is 10.1 Å². The normalized spacial score (nSPS) is 14.5. The maximum Gasteiger partial charge on any atom is 0.266 e. The SMILES string of the molecule is CCC(/C=C1\Oc2ccc(-c3ccccc3)cc2N1CCS(=O)(=O)O)=C\c1oc2ccc(-c3ccccc3)cc2c1CCS(=O)(=O)[O-]. The molecule has 0 saturated heterocycles. The van der Waals surface area contributed by atoms with Crippen LogP contribution in [0.2, 0.25) is 0 Å². The van der Waals surface area contributed by atoms with Crippen molar-refractivity contribution in [3.8, 4) is 28.0 Å². The molecule has 0 unspecified atom stereocenters. The van der Waals surface area contributed by atoms with Crippen molar-refractivity contribution < 1.29 is 35.1 Å². The summed E-state index contributed by atoms with van der Waals surface area (Å²) in [7, 11) is -8.77. The number of anilines is 1. The molecule has 0 atom stereocenters. The maximum absolute atomic E-state index is 11.8. The second kappa shape index (κ2) is 13.2. The monoisotopic (exact) mass is 670 g/mol. The first kappa shape index (κ1) is 32.3. The fourth-order valence-electron chi connectivity index (χ4n) is 5.61. The smallest absolute Gasteiger partial charge is 0.266 e. The number of nitrogens with zero attached hydrogens (tertiary/aromatic N) is 1. The third-order valence-corrected chi connectivity index (χ3v) is 9.38. The van der Waals surface area contributed by atoms with Crippen molar-refractivity contribution in [2.24, 2.45) is 0 Å². The zero-order chi connectivity index (χ0) is 33.2. The lowest BCUT2D eigenvalue weighted by Crippen LogP contribution is -2.27. The van der Waals surface area contributed by atoms with Crippen LogP contribution in [0.4, 0.5) is 5.69 Å². The second-order valence-electron chi connectivity index (χ2n) is 11.2. The van der Waals surface area contributed by atoms with E-state index in [0.717, 1.165) is 27.8 Å². The lowest BCUT2D eigenvalue weighted by Gasteiger charge is -2.18. The van der Waals surface area contributed by atoms with Crippen molar-refractivity contribution >= 4 is 43.0 Å². The Labute approximate surface area is 273 Å². The van der Waals surface area contributed by atoms with Crippen molar-refractivity contribution in [2.75, 3.05) is 23.0 Å². The van der Waals surface area contributed by atoms with E-state index in [2.05, 4.69) is 0 Å². The van der Waals surface area contributed by atoms with Gasteiger partial charge in [0.05, 0.1) is 21.6 Å². The fourth-order valence-corrected chi connectivity index (χ4v) is 6.48. The number of rotatable bonds is 11. The van der Waals surface area contributed by atoms with E-state index in [4.69, 9.17) is 9.15 Å². The van der Waals surface area contributed by atoms with Gasteiger partial charge in [-0.15, -0.1) is 0 Å². The predicted octanol–water partition coefficient (Wildman–Crippen LogP) is 7.28. The van der Waals surface area contributed by atoms with E-state index in [1.807, 2.05) is 104 Å². The zero-order valence-corrected chi connectivity index (χ0v) is 27.1. The molecule has 0 spiro atoms. The summed E-state index contributed by atoms with van der Waals surface area (Å²) in [5.74, 6) is 0.184. The third-order valence-electron chi connectivity index (χ3n) is 7.98. The molecule has 9 nitrogen and oxygen atoms in total. The lowest BCUT2D eigenvalue weighted by atomic mass is 10.0. The van der Waals surface area contributed by atoms with Crippen LogP contribution in [0, 0.1) is 0 Å². The van der Waals surface area contributed by atoms with E-state index in [-0.39, 0.29) is 13.0 Å². The van der Waals surface area contributed by atoms with Gasteiger partial charge in [-0.05, 0) is 71.0 Å². The molecule has 5 aromatic rings. The summed E-state index contributed by atoms with van der Waals surface area (Å²) in [5, 5.41) is 0.706. The molecule has 242 valence electrons. The first-order valence-corrected chi connectivity index (χ1v) is 18.2. The Kier molecular flexibility index (Phi) is 9.07. The van der Waals surface area contributed by atoms with Crippen LogP contribution in [0.25, 0.3) is 39.3 Å². The highest BCUT2D eigenvalue weighted by Gasteiger charge is 2.28. The number of allylic oxidation sites excluding steroid dienone is 2. The van der Waals surface area contributed by atoms with E-state index in [0.29, 0.717) is 46.0 Å². The van der Waals surface area contributed by atoms with Gasteiger partial charge in [-0.2, -0.15) is 8.42 Å². The van der Waals surface area contributed by atoms with Crippen LogP contribution in [0.3, 0.4) is 0 Å². The average molecular weight is 671 g/mol. The van der Waals surface area contributed by atoms with E-state index in [1.165, 1.54) is 0 Å². The Morgan fingerprint density at radius 3 is 2.09 bits per heavy atom. The summed E-state index contributed by atoms with van der Waals surface area (Å²) < 4.78 is 80.5. The van der Waals surface area contributed by atoms with Gasteiger partial charge in [-0.25, -0.2) is 8.42 Å². The Hall–Kier alpha value is -4.68. The van der Waals surface area contributed by atoms with Gasteiger partial charge in [0.2, 0.25) is 5.88 Å². The maximum atomic E-state index is 11.8. The Morgan fingerprint density at radius 2 is 1.47 bits per heavy atom. The molecule has 0 amide bonds. The molecular formula is C36H32NO8S2-. The van der Waals surface area contributed by atoms with Crippen molar-refractivity contribution in [1.29, 1.82) is 0 Å². The molecule has 6 rings (SSSR count). The van der Waals surface area contributed by atoms with Gasteiger partial charge in [0, 0.05) is 29.3 Å². The van der Waals surface area contributed by atoms with Gasteiger partial charge in [-0.1, -0.05) is 79.7 Å². The minimum absolute atomic E-state index is 0.0405. The number of ether oxygens (including phenoxy) is 1. The number of fused-ring (bicyclic) bond motifs is 2. The molecule has 1 aliphatic rings. The molecule has 47 heavy (non-hydrogen) atoms. The van der Waals surface area contributed by atoms with Crippen LogP contribution in [0.15, 0.2) is 119 Å². The van der Waals surface area contributed by atoms with Crippen molar-refractivity contribution in [3.05, 3.63) is 126 Å². The number of furan rings is 1. The van der Waals surface area contributed by atoms with Crippen molar-refractivity contribution in [2.45, 2.75) is 19.8 Å². The molecule has 0 bridgehead atoms. The van der Waals surface area contributed by atoms with Gasteiger partial charge >= 0.3 is 0 Å². The molecule has 0 aliphatic carbocycles. The quantitative estimate of drug-likeness (QED) is 0.144. The summed E-state index contributed by atoms with van der Waals surface area (Å²) in [5.41, 5.74) is 6.30. The lowest BCUT2D eigenvalue weighted by molar-refractivity contribution is 0.438. The number of hydrogen-bond acceptors (Lipinski definition) is 8. The molecule has 0 radical (unpaired) electrons. The van der Waals surface area contributed by atoms with E-state index < -0.39 is 31.7 Å². The zero-order valence-electron chi connectivity index (χ0n) is 25.5. The van der Waals surface area contributed by atoms with Crippen molar-refractivity contribution in [3.63, 3.8) is 0 Å². The van der Waals surface area contributed by atoms with E-state index >= 15 is 0 Å². The second-order valence-corrected chi connectivity index (χ2v) is 14.3. The van der Waals surface area contributed by atoms with E-state index in [9.17, 15) is 25.9 Å². The summed E-state index contributed by atoms with van der Waals surface area (Å²) in [6.07, 6.45) is 4.02. The minimum atomic E-state index is -4.50. The van der Waals surface area contributed by atoms with Crippen LogP contribution < -0.4 is 9.64 Å². The first-order chi connectivity index (χ1) is 22.5. The van der Waals surface area contributed by atoms with Gasteiger partial charge in [0.1, 0.15) is 11.3 Å². The third kappa shape index (κ3) is 7.66. The molecule has 11 heteroatoms. The van der Waals surface area contributed by atoms with Gasteiger partial charge < -0.3 is 18.6 Å². The standard InChI is InChI=1S/C36H33NO8S2/c1-2-25(21-35-30(17-19-46(38,39)40)31-23-28(13-15-33(31)44-35)26-9-5-3-6-10-26)22-36-37(18-20-47(41,42)43)32-24-29(14-16-34(32)45-36)27-11-7-4-8-12-27/h3-16,21-24H,2,17-20H2,1H3,(H,38,39,40)(H,41,42,43)/p-1/b25-21+,36-22-. The summed E-state index contributed by atoms with van der Waals surface area (Å²) in [4.78, 5) is 1.70. The average Bonchev–Trinajstić information content (AvgIpc) is 3.58. The Balaban J connectivity index is 1.42. The molecule has 4 aromatic carbocycles. The molecule has 1 aliphatic heterocycles. The van der Waals surface area contributed by atoms with Crippen LogP contribution in [-0.4, -0.2) is 44.0 Å². The van der Waals surface area contributed by atoms with Crippen molar-refractivity contribution in [1.82, 2.24) is 0 Å². The van der Waals surface area contributed by atoms with Gasteiger partial charge in [-0.3, -0.25) is 4.55 Å². The summed E-state index contributed by atoms with van der Waals surface area (Å²) in [6.45, 7) is 1.87. The molecular weight excluding hydrogens is 639 g/mol. The minimum Gasteiger partial charge on any atom is -0.748 e. The van der Waals surface area contributed by atoms with Crippen LogP contribution >= 0.6 is 0 Å². The van der Waals surface area contributed by atoms with Crippen LogP contribution in [-0.2, 0) is 26.7 Å². The fraction of sp³-hybridized carbons (Fsp3) is 0.167. The number of aryl methyl sites for hydroxylation is 1. The molecule has 0 fully saturated rings. The largest absolute Gasteiger partial charge is 0.748 e. The number of benzene rings is 4.